The molecule has 0 aromatic rings. The predicted octanol–water partition coefficient (Wildman–Crippen LogP) is 1.72. The van der Waals surface area contributed by atoms with Crippen LogP contribution in [0.1, 0.15) is 52.9 Å². The molecule has 2 fully saturated rings. The van der Waals surface area contributed by atoms with E-state index < -0.39 is 0 Å². The average molecular weight is 327 g/mol. The van der Waals surface area contributed by atoms with E-state index in [1.165, 1.54) is 0 Å². The number of thioether (sulfide) groups is 1. The zero-order chi connectivity index (χ0) is 16.2. The van der Waals surface area contributed by atoms with Gasteiger partial charge in [-0.15, -0.1) is 11.8 Å². The largest absolute Gasteiger partial charge is 0.352 e. The maximum atomic E-state index is 12.2. The third kappa shape index (κ3) is 4.16. The molecule has 0 aliphatic carbocycles. The summed E-state index contributed by atoms with van der Waals surface area (Å²) in [6.07, 6.45) is 4.37. The van der Waals surface area contributed by atoms with Crippen LogP contribution in [0.5, 0.6) is 0 Å². The summed E-state index contributed by atoms with van der Waals surface area (Å²) in [4.78, 5) is 26.2. The van der Waals surface area contributed by atoms with E-state index in [1.54, 1.807) is 0 Å². The lowest BCUT2D eigenvalue weighted by atomic mass is 10.0. The van der Waals surface area contributed by atoms with Crippen LogP contribution in [-0.4, -0.2) is 52.5 Å². The lowest BCUT2D eigenvalue weighted by Crippen LogP contribution is -2.55. The van der Waals surface area contributed by atoms with Crippen LogP contribution >= 0.6 is 11.8 Å². The molecule has 5 nitrogen and oxygen atoms in total. The molecule has 2 rings (SSSR count). The van der Waals surface area contributed by atoms with Gasteiger partial charge in [0.2, 0.25) is 11.8 Å². The van der Waals surface area contributed by atoms with Crippen LogP contribution in [0, 0.1) is 0 Å². The Labute approximate surface area is 138 Å². The van der Waals surface area contributed by atoms with Crippen LogP contribution in [0.15, 0.2) is 0 Å². The second kappa shape index (κ2) is 7.68. The van der Waals surface area contributed by atoms with Gasteiger partial charge < -0.3 is 10.2 Å². The number of hydrogen-bond acceptors (Lipinski definition) is 4. The predicted molar refractivity (Wildman–Crippen MR) is 90.7 cm³/mol. The molecule has 6 heteroatoms. The molecule has 2 N–H and O–H groups in total. The van der Waals surface area contributed by atoms with Crippen LogP contribution in [-0.2, 0) is 9.59 Å². The first-order valence-electron chi connectivity index (χ1n) is 8.49. The first-order chi connectivity index (χ1) is 10.5. The van der Waals surface area contributed by atoms with E-state index in [4.69, 9.17) is 0 Å². The summed E-state index contributed by atoms with van der Waals surface area (Å²) in [6.45, 7) is 7.76. The van der Waals surface area contributed by atoms with Crippen molar-refractivity contribution in [1.29, 1.82) is 0 Å². The third-order valence-electron chi connectivity index (χ3n) is 4.67. The van der Waals surface area contributed by atoms with Gasteiger partial charge in [-0.05, 0) is 32.6 Å². The molecule has 2 aliphatic heterocycles. The minimum Gasteiger partial charge on any atom is -0.352 e. The van der Waals surface area contributed by atoms with E-state index in [9.17, 15) is 9.59 Å². The van der Waals surface area contributed by atoms with Crippen LogP contribution in [0.3, 0.4) is 0 Å². The molecule has 2 unspecified atom stereocenters. The van der Waals surface area contributed by atoms with E-state index >= 15 is 0 Å². The molecule has 2 saturated heterocycles. The van der Waals surface area contributed by atoms with Gasteiger partial charge in [-0.25, -0.2) is 0 Å². The smallest absolute Gasteiger partial charge is 0.238 e. The highest BCUT2D eigenvalue weighted by atomic mass is 32.2. The Morgan fingerprint density at radius 2 is 2.05 bits per heavy atom. The molecule has 2 amide bonds. The van der Waals surface area contributed by atoms with E-state index in [0.29, 0.717) is 6.42 Å². The normalized spacial score (nSPS) is 25.2. The van der Waals surface area contributed by atoms with Crippen molar-refractivity contribution in [1.82, 2.24) is 15.5 Å². The fraction of sp³-hybridized carbons (Fsp3) is 0.875. The molecule has 2 heterocycles. The summed E-state index contributed by atoms with van der Waals surface area (Å²) < 4.78 is 0. The number of carbonyl (C=O) groups is 2. The Balaban J connectivity index is 1.83. The first kappa shape index (κ1) is 17.6. The Morgan fingerprint density at radius 1 is 1.36 bits per heavy atom. The fourth-order valence-corrected chi connectivity index (χ4v) is 4.43. The van der Waals surface area contributed by atoms with Gasteiger partial charge in [-0.2, -0.15) is 0 Å². The summed E-state index contributed by atoms with van der Waals surface area (Å²) in [7, 11) is 0. The number of amides is 2. The second-order valence-corrected chi connectivity index (χ2v) is 7.85. The van der Waals surface area contributed by atoms with E-state index in [2.05, 4.69) is 17.6 Å². The Morgan fingerprint density at radius 3 is 2.64 bits per heavy atom. The molecule has 0 radical (unpaired) electrons. The zero-order valence-corrected chi connectivity index (χ0v) is 14.8. The van der Waals surface area contributed by atoms with Gasteiger partial charge in [0.15, 0.2) is 0 Å². The lowest BCUT2D eigenvalue weighted by molar-refractivity contribution is -0.132. The van der Waals surface area contributed by atoms with Gasteiger partial charge in [0.05, 0.1) is 10.9 Å². The van der Waals surface area contributed by atoms with Gasteiger partial charge in [0.25, 0.3) is 0 Å². The summed E-state index contributed by atoms with van der Waals surface area (Å²) >= 11 is 1.85. The van der Waals surface area contributed by atoms with Crippen molar-refractivity contribution in [3.8, 4) is 0 Å². The number of nitrogens with one attached hydrogen (secondary N) is 2. The zero-order valence-electron chi connectivity index (χ0n) is 14.0. The highest BCUT2D eigenvalue weighted by molar-refractivity contribution is 8.01. The van der Waals surface area contributed by atoms with Gasteiger partial charge in [-0.1, -0.05) is 13.8 Å². The van der Waals surface area contributed by atoms with E-state index in [1.807, 2.05) is 30.5 Å². The molecule has 2 aliphatic rings. The van der Waals surface area contributed by atoms with Crippen LogP contribution < -0.4 is 10.6 Å². The average Bonchev–Trinajstić information content (AvgIpc) is 2.92. The van der Waals surface area contributed by atoms with Crippen LogP contribution in [0.4, 0.5) is 0 Å². The fourth-order valence-electron chi connectivity index (χ4n) is 3.01. The minimum absolute atomic E-state index is 0.0134. The van der Waals surface area contributed by atoms with Crippen LogP contribution in [0.25, 0.3) is 0 Å². The van der Waals surface area contributed by atoms with Crippen molar-refractivity contribution in [2.75, 3.05) is 18.8 Å². The molecule has 0 aromatic carbocycles. The summed E-state index contributed by atoms with van der Waals surface area (Å²) in [5.41, 5.74) is 0. The van der Waals surface area contributed by atoms with Crippen molar-refractivity contribution in [3.05, 3.63) is 0 Å². The van der Waals surface area contributed by atoms with Crippen molar-refractivity contribution < 1.29 is 9.59 Å². The number of hydrogen-bond donors (Lipinski definition) is 2. The van der Waals surface area contributed by atoms with Gasteiger partial charge in [-0.3, -0.25) is 14.9 Å². The number of nitrogens with zero attached hydrogens (tertiary/aromatic N) is 1. The number of rotatable bonds is 5. The molecule has 0 aromatic heterocycles. The lowest BCUT2D eigenvalue weighted by Gasteiger charge is -2.39. The summed E-state index contributed by atoms with van der Waals surface area (Å²) in [6, 6.07) is 0.126. The second-order valence-electron chi connectivity index (χ2n) is 6.45. The molecule has 0 bridgehead atoms. The van der Waals surface area contributed by atoms with Crippen molar-refractivity contribution in [2.45, 2.75) is 69.8 Å². The maximum absolute atomic E-state index is 12.2. The Kier molecular flexibility index (Phi) is 6.15. The SMILES string of the molecule is CCCC(=O)N1CCC2(CC1)NC(C(=O)NC(C)CC)CS2. The van der Waals surface area contributed by atoms with E-state index in [0.717, 1.165) is 44.5 Å². The number of carbonyl (C=O) groups excluding carboxylic acids is 2. The van der Waals surface area contributed by atoms with Gasteiger partial charge >= 0.3 is 0 Å². The summed E-state index contributed by atoms with van der Waals surface area (Å²) in [5.74, 6) is 1.21. The van der Waals surface area contributed by atoms with Crippen molar-refractivity contribution >= 4 is 23.6 Å². The van der Waals surface area contributed by atoms with Gasteiger partial charge in [0.1, 0.15) is 0 Å². The third-order valence-corrected chi connectivity index (χ3v) is 6.25. The molecular weight excluding hydrogens is 298 g/mol. The first-order valence-corrected chi connectivity index (χ1v) is 9.48. The quantitative estimate of drug-likeness (QED) is 0.807. The molecule has 22 heavy (non-hydrogen) atoms. The minimum atomic E-state index is -0.100. The topological polar surface area (TPSA) is 61.4 Å². The maximum Gasteiger partial charge on any atom is 0.238 e. The molecular formula is C16H29N3O2S. The molecule has 0 saturated carbocycles. The standard InChI is InChI=1S/C16H29N3O2S/c1-4-6-14(20)19-9-7-16(8-10-19)18-13(11-22-16)15(21)17-12(3)5-2/h12-13,18H,4-11H2,1-3H3,(H,17,21). The Hall–Kier alpha value is -0.750. The highest BCUT2D eigenvalue weighted by Gasteiger charge is 2.44. The van der Waals surface area contributed by atoms with Gasteiger partial charge in [0, 0.05) is 31.3 Å². The van der Waals surface area contributed by atoms with Crippen LogP contribution in [0.2, 0.25) is 0 Å². The molecule has 1 spiro atoms. The van der Waals surface area contributed by atoms with E-state index in [-0.39, 0.29) is 28.8 Å². The Bertz CT molecular complexity index is 408. The molecule has 126 valence electrons. The highest BCUT2D eigenvalue weighted by Crippen LogP contribution is 2.39. The van der Waals surface area contributed by atoms with Crippen molar-refractivity contribution in [3.63, 3.8) is 0 Å². The van der Waals surface area contributed by atoms with Crippen molar-refractivity contribution in [2.24, 2.45) is 0 Å². The molecule has 2 atom stereocenters. The number of piperidine rings is 1. The summed E-state index contributed by atoms with van der Waals surface area (Å²) in [5, 5.41) is 6.60. The monoisotopic (exact) mass is 327 g/mol. The number of likely N-dealkylation sites (tertiary alicyclic amines) is 1.